The Kier molecular flexibility index (Phi) is 3.47. The van der Waals surface area contributed by atoms with Gasteiger partial charge < -0.3 is 5.11 Å². The summed E-state index contributed by atoms with van der Waals surface area (Å²) in [6, 6.07) is 0. The second-order valence-electron chi connectivity index (χ2n) is 3.11. The van der Waals surface area contributed by atoms with Crippen molar-refractivity contribution in [1.82, 2.24) is 4.98 Å². The molecule has 0 fully saturated rings. The number of hydrogen-bond donors (Lipinski definition) is 1. The van der Waals surface area contributed by atoms with Gasteiger partial charge in [0.05, 0.1) is 12.2 Å². The molecule has 1 aromatic rings. The number of rotatable bonds is 2. The average molecular weight is 241 g/mol. The topological polar surface area (TPSA) is 33.1 Å². The lowest BCUT2D eigenvalue weighted by atomic mass is 10.0. The van der Waals surface area contributed by atoms with Gasteiger partial charge >= 0.3 is 6.18 Å². The Balaban J connectivity index is 3.55. The minimum absolute atomic E-state index is 0.507. The van der Waals surface area contributed by atoms with Crippen LogP contribution >= 0.6 is 0 Å². The van der Waals surface area contributed by atoms with Crippen LogP contribution in [0.4, 0.5) is 22.0 Å². The van der Waals surface area contributed by atoms with E-state index in [0.29, 0.717) is 0 Å². The van der Waals surface area contributed by atoms with Crippen LogP contribution in [0.5, 0.6) is 0 Å². The van der Waals surface area contributed by atoms with Crippen molar-refractivity contribution in [2.24, 2.45) is 0 Å². The summed E-state index contributed by atoms with van der Waals surface area (Å²) in [5.41, 5.74) is -3.69. The number of alkyl halides is 5. The zero-order valence-corrected chi connectivity index (χ0v) is 8.15. The molecule has 2 nitrogen and oxygen atoms in total. The molecule has 0 aliphatic heterocycles. The van der Waals surface area contributed by atoms with Crippen LogP contribution in [0.2, 0.25) is 0 Å². The van der Waals surface area contributed by atoms with Gasteiger partial charge in [0.1, 0.15) is 0 Å². The van der Waals surface area contributed by atoms with Crippen molar-refractivity contribution in [2.45, 2.75) is 26.1 Å². The van der Waals surface area contributed by atoms with Crippen molar-refractivity contribution in [1.29, 1.82) is 0 Å². The molecule has 7 heteroatoms. The third-order valence-electron chi connectivity index (χ3n) is 2.06. The first-order valence-electron chi connectivity index (χ1n) is 4.23. The zero-order valence-electron chi connectivity index (χ0n) is 8.15. The van der Waals surface area contributed by atoms with E-state index >= 15 is 0 Å². The van der Waals surface area contributed by atoms with E-state index in [-0.39, 0.29) is 0 Å². The summed E-state index contributed by atoms with van der Waals surface area (Å²) in [6.07, 6.45) is -7.39. The quantitative estimate of drug-likeness (QED) is 0.807. The summed E-state index contributed by atoms with van der Waals surface area (Å²) in [7, 11) is 0. The van der Waals surface area contributed by atoms with Gasteiger partial charge in [-0.3, -0.25) is 4.98 Å². The number of aliphatic hydroxyl groups is 1. The molecule has 0 aliphatic carbocycles. The van der Waals surface area contributed by atoms with Gasteiger partial charge in [-0.2, -0.15) is 13.2 Å². The molecule has 16 heavy (non-hydrogen) atoms. The Bertz CT molecular complexity index is 388. The lowest BCUT2D eigenvalue weighted by Crippen LogP contribution is -2.15. The van der Waals surface area contributed by atoms with Gasteiger partial charge in [0.2, 0.25) is 0 Å². The molecule has 1 aromatic heterocycles. The Morgan fingerprint density at radius 2 is 1.94 bits per heavy atom. The van der Waals surface area contributed by atoms with Crippen LogP contribution in [-0.4, -0.2) is 10.1 Å². The molecule has 0 atom stereocenters. The fraction of sp³-hybridized carbons (Fsp3) is 0.444. The highest BCUT2D eigenvalue weighted by atomic mass is 19.4. The third-order valence-corrected chi connectivity index (χ3v) is 2.06. The number of aromatic nitrogens is 1. The predicted molar refractivity (Wildman–Crippen MR) is 44.9 cm³/mol. The summed E-state index contributed by atoms with van der Waals surface area (Å²) < 4.78 is 62.7. The van der Waals surface area contributed by atoms with Crippen LogP contribution in [0.3, 0.4) is 0 Å². The number of pyridine rings is 1. The maximum Gasteiger partial charge on any atom is 0.418 e. The van der Waals surface area contributed by atoms with Gasteiger partial charge in [-0.05, 0) is 6.92 Å². The third kappa shape index (κ3) is 2.29. The summed E-state index contributed by atoms with van der Waals surface area (Å²) in [4.78, 5) is 3.35. The summed E-state index contributed by atoms with van der Waals surface area (Å²) in [5.74, 6) is 0. The molecule has 0 radical (unpaired) electrons. The van der Waals surface area contributed by atoms with Crippen LogP contribution in [0, 0.1) is 6.92 Å². The van der Waals surface area contributed by atoms with Gasteiger partial charge in [-0.1, -0.05) is 0 Å². The fourth-order valence-corrected chi connectivity index (χ4v) is 1.40. The number of aryl methyl sites for hydroxylation is 1. The molecule has 1 heterocycles. The van der Waals surface area contributed by atoms with Crippen LogP contribution in [0.15, 0.2) is 6.20 Å². The molecular weight excluding hydrogens is 233 g/mol. The van der Waals surface area contributed by atoms with Crippen molar-refractivity contribution in [3.63, 3.8) is 0 Å². The molecular formula is C9H8F5NO. The Morgan fingerprint density at radius 3 is 2.31 bits per heavy atom. The number of hydrogen-bond acceptors (Lipinski definition) is 2. The fourth-order valence-electron chi connectivity index (χ4n) is 1.40. The highest BCUT2D eigenvalue weighted by Gasteiger charge is 2.39. The van der Waals surface area contributed by atoms with E-state index in [2.05, 4.69) is 4.98 Å². The van der Waals surface area contributed by atoms with E-state index in [1.165, 1.54) is 0 Å². The predicted octanol–water partition coefficient (Wildman–Crippen LogP) is 2.84. The first kappa shape index (κ1) is 12.8. The lowest BCUT2D eigenvalue weighted by Gasteiger charge is -2.17. The summed E-state index contributed by atoms with van der Waals surface area (Å²) in [5, 5.41) is 8.71. The monoisotopic (exact) mass is 241 g/mol. The van der Waals surface area contributed by atoms with Crippen molar-refractivity contribution < 1.29 is 27.1 Å². The maximum absolute atomic E-state index is 12.5. The first-order valence-corrected chi connectivity index (χ1v) is 4.23. The highest BCUT2D eigenvalue weighted by molar-refractivity contribution is 5.38. The average Bonchev–Trinajstić information content (AvgIpc) is 2.15. The molecule has 0 saturated heterocycles. The molecule has 0 bridgehead atoms. The van der Waals surface area contributed by atoms with Crippen LogP contribution < -0.4 is 0 Å². The van der Waals surface area contributed by atoms with Crippen LogP contribution in [-0.2, 0) is 12.8 Å². The molecule has 0 spiro atoms. The summed E-state index contributed by atoms with van der Waals surface area (Å²) >= 11 is 0. The van der Waals surface area contributed by atoms with Crippen molar-refractivity contribution in [3.8, 4) is 0 Å². The molecule has 1 rings (SSSR count). The van der Waals surface area contributed by atoms with E-state index in [9.17, 15) is 22.0 Å². The van der Waals surface area contributed by atoms with Gasteiger partial charge in [0, 0.05) is 23.0 Å². The normalized spacial score (nSPS) is 12.2. The molecule has 0 amide bonds. The van der Waals surface area contributed by atoms with Crippen molar-refractivity contribution >= 4 is 0 Å². The Hall–Kier alpha value is -1.24. The SMILES string of the molecule is Cc1ncc(CO)c(C(F)F)c1C(F)(F)F. The highest BCUT2D eigenvalue weighted by Crippen LogP contribution is 2.39. The maximum atomic E-state index is 12.5. The van der Waals surface area contributed by atoms with Crippen molar-refractivity contribution in [2.75, 3.05) is 0 Å². The lowest BCUT2D eigenvalue weighted by molar-refractivity contribution is -0.140. The Labute approximate surface area is 87.7 Å². The van der Waals surface area contributed by atoms with Crippen LogP contribution in [0.1, 0.15) is 28.8 Å². The first-order chi connectivity index (χ1) is 7.29. The second kappa shape index (κ2) is 4.32. The van der Waals surface area contributed by atoms with Gasteiger partial charge in [0.15, 0.2) is 0 Å². The molecule has 0 aromatic carbocycles. The largest absolute Gasteiger partial charge is 0.418 e. The van der Waals surface area contributed by atoms with Crippen LogP contribution in [0.25, 0.3) is 0 Å². The van der Waals surface area contributed by atoms with E-state index in [1.54, 1.807) is 0 Å². The van der Waals surface area contributed by atoms with E-state index in [0.717, 1.165) is 13.1 Å². The molecule has 0 aliphatic rings. The smallest absolute Gasteiger partial charge is 0.392 e. The van der Waals surface area contributed by atoms with Gasteiger partial charge in [0.25, 0.3) is 6.43 Å². The number of nitrogens with zero attached hydrogens (tertiary/aromatic N) is 1. The minimum Gasteiger partial charge on any atom is -0.392 e. The van der Waals surface area contributed by atoms with E-state index in [1.807, 2.05) is 0 Å². The van der Waals surface area contributed by atoms with E-state index in [4.69, 9.17) is 5.11 Å². The molecule has 1 N–H and O–H groups in total. The van der Waals surface area contributed by atoms with Crippen molar-refractivity contribution in [3.05, 3.63) is 28.6 Å². The molecule has 90 valence electrons. The molecule has 0 saturated carbocycles. The summed E-state index contributed by atoms with van der Waals surface area (Å²) in [6.45, 7) is 0.0892. The number of aliphatic hydroxyl groups excluding tert-OH is 1. The Morgan fingerprint density at radius 1 is 1.38 bits per heavy atom. The second-order valence-corrected chi connectivity index (χ2v) is 3.11. The standard InChI is InChI=1S/C9H8F5NO/c1-4-7(9(12,13)14)6(8(10)11)5(3-16)2-15-4/h2,8,16H,3H2,1H3. The van der Waals surface area contributed by atoms with E-state index < -0.39 is 41.6 Å². The van der Waals surface area contributed by atoms with Gasteiger partial charge in [-0.15, -0.1) is 0 Å². The zero-order chi connectivity index (χ0) is 12.5. The molecule has 0 unspecified atom stereocenters. The number of halogens is 5. The minimum atomic E-state index is -4.91. The van der Waals surface area contributed by atoms with Gasteiger partial charge in [-0.25, -0.2) is 8.78 Å².